The van der Waals surface area contributed by atoms with Gasteiger partial charge >= 0.3 is 0 Å². The number of ether oxygens (including phenoxy) is 3. The third-order valence-corrected chi connectivity index (χ3v) is 5.36. The number of aliphatic hydroxyl groups is 1. The number of hydrogen-bond donors (Lipinski definition) is 1. The summed E-state index contributed by atoms with van der Waals surface area (Å²) < 4.78 is 17.0. The molecule has 0 aromatic heterocycles. The fourth-order valence-corrected chi connectivity index (χ4v) is 3.49. The number of carbonyl (C=O) groups is 1. The highest BCUT2D eigenvalue weighted by Gasteiger charge is 2.27. The molecule has 0 radical (unpaired) electrons. The Morgan fingerprint density at radius 1 is 1.17 bits per heavy atom. The van der Waals surface area contributed by atoms with Crippen LogP contribution < -0.4 is 0 Å². The molecule has 0 amide bonds. The number of allylic oxidation sites excluding steroid dienone is 1. The number of hydrogen-bond acceptors (Lipinski definition) is 5. The molecule has 1 N–H and O–H groups in total. The molecule has 1 aliphatic carbocycles. The number of methoxy groups -OCH3 is 2. The van der Waals surface area contributed by atoms with Crippen molar-refractivity contribution in [2.75, 3.05) is 34.5 Å². The van der Waals surface area contributed by atoms with Crippen LogP contribution in [0, 0.1) is 11.3 Å². The molecule has 2 unspecified atom stereocenters. The molecule has 0 fully saturated rings. The van der Waals surface area contributed by atoms with Crippen LogP contribution in [-0.2, 0) is 25.4 Å². The number of rotatable bonds is 9. The van der Waals surface area contributed by atoms with E-state index in [0.717, 1.165) is 48.7 Å². The van der Waals surface area contributed by atoms with Gasteiger partial charge in [0.1, 0.15) is 12.0 Å². The van der Waals surface area contributed by atoms with Gasteiger partial charge in [0.25, 0.3) is 0 Å². The summed E-state index contributed by atoms with van der Waals surface area (Å²) in [5.74, 6) is 0.818. The second-order valence-corrected chi connectivity index (χ2v) is 8.36. The zero-order chi connectivity index (χ0) is 22.7. The Kier molecular flexibility index (Phi) is 11.0. The van der Waals surface area contributed by atoms with E-state index in [1.807, 2.05) is 6.92 Å². The molecule has 1 aliphatic rings. The number of aliphatic hydroxyl groups excluding tert-OH is 1. The van der Waals surface area contributed by atoms with Crippen molar-refractivity contribution in [2.24, 2.45) is 11.3 Å². The Balaban J connectivity index is 0.00000218. The molecular formula is C25H38O5. The van der Waals surface area contributed by atoms with Crippen molar-refractivity contribution in [3.05, 3.63) is 52.8 Å². The van der Waals surface area contributed by atoms with Gasteiger partial charge < -0.3 is 24.1 Å². The highest BCUT2D eigenvalue weighted by molar-refractivity contribution is 5.74. The number of benzene rings is 1. The SMILES string of the molecule is CCOCC1=CC(OC)=C(c2ccc(CC(C=O)C(C)(C)C)cc2)C(OC)C1.CO. The van der Waals surface area contributed by atoms with E-state index in [1.165, 1.54) is 5.57 Å². The highest BCUT2D eigenvalue weighted by Crippen LogP contribution is 2.35. The van der Waals surface area contributed by atoms with Crippen LogP contribution in [-0.4, -0.2) is 52.0 Å². The summed E-state index contributed by atoms with van der Waals surface area (Å²) in [6.45, 7) is 9.58. The molecule has 1 aromatic carbocycles. The maximum Gasteiger partial charge on any atom is 0.125 e. The normalized spacial score (nSPS) is 17.6. The summed E-state index contributed by atoms with van der Waals surface area (Å²) in [4.78, 5) is 11.5. The van der Waals surface area contributed by atoms with Crippen LogP contribution in [0.15, 0.2) is 41.7 Å². The third kappa shape index (κ3) is 7.08. The van der Waals surface area contributed by atoms with E-state index in [-0.39, 0.29) is 17.4 Å². The first-order chi connectivity index (χ1) is 14.3. The van der Waals surface area contributed by atoms with Crippen LogP contribution in [0.25, 0.3) is 5.57 Å². The second kappa shape index (κ2) is 12.7. The Bertz CT molecular complexity index is 710. The summed E-state index contributed by atoms with van der Waals surface area (Å²) in [5, 5.41) is 7.00. The van der Waals surface area contributed by atoms with Crippen molar-refractivity contribution in [1.82, 2.24) is 0 Å². The lowest BCUT2D eigenvalue weighted by molar-refractivity contribution is -0.113. The molecule has 0 saturated heterocycles. The Morgan fingerprint density at radius 2 is 1.80 bits per heavy atom. The molecule has 168 valence electrons. The van der Waals surface area contributed by atoms with E-state index in [2.05, 4.69) is 51.1 Å². The maximum absolute atomic E-state index is 11.5. The summed E-state index contributed by atoms with van der Waals surface area (Å²) in [6.07, 6.45) is 4.61. The van der Waals surface area contributed by atoms with Crippen molar-refractivity contribution >= 4 is 11.9 Å². The summed E-state index contributed by atoms with van der Waals surface area (Å²) in [5.41, 5.74) is 4.42. The standard InChI is InChI=1S/C24H34O4.CH4O/c1-7-28-16-18-13-21(26-5)23(22(14-18)27-6)19-10-8-17(9-11-19)12-20(15-25)24(2,3)4;1-2/h8-11,13,15,20,22H,7,12,14,16H2,1-6H3;2H,1H3. The quantitative estimate of drug-likeness (QED) is 0.601. The number of aldehydes is 1. The van der Waals surface area contributed by atoms with Crippen molar-refractivity contribution in [3.63, 3.8) is 0 Å². The van der Waals surface area contributed by atoms with Crippen molar-refractivity contribution in [1.29, 1.82) is 0 Å². The van der Waals surface area contributed by atoms with Crippen LogP contribution in [0.4, 0.5) is 0 Å². The van der Waals surface area contributed by atoms with Gasteiger partial charge in [-0.2, -0.15) is 0 Å². The molecule has 0 heterocycles. The van der Waals surface area contributed by atoms with Crippen LogP contribution in [0.2, 0.25) is 0 Å². The average molecular weight is 419 g/mol. The van der Waals surface area contributed by atoms with Crippen LogP contribution in [0.1, 0.15) is 45.2 Å². The van der Waals surface area contributed by atoms with Gasteiger partial charge in [-0.15, -0.1) is 0 Å². The Morgan fingerprint density at radius 3 is 2.27 bits per heavy atom. The molecule has 5 nitrogen and oxygen atoms in total. The molecule has 0 bridgehead atoms. The lowest BCUT2D eigenvalue weighted by atomic mass is 9.78. The van der Waals surface area contributed by atoms with Crippen molar-refractivity contribution in [3.8, 4) is 0 Å². The minimum atomic E-state index is -0.0708. The summed E-state index contributed by atoms with van der Waals surface area (Å²) in [6, 6.07) is 8.40. The lowest BCUT2D eigenvalue weighted by Gasteiger charge is -2.28. The molecular weight excluding hydrogens is 380 g/mol. The van der Waals surface area contributed by atoms with Gasteiger partial charge in [0.15, 0.2) is 0 Å². The highest BCUT2D eigenvalue weighted by atomic mass is 16.5. The molecule has 30 heavy (non-hydrogen) atoms. The zero-order valence-electron chi connectivity index (χ0n) is 19.5. The first-order valence-electron chi connectivity index (χ1n) is 10.4. The van der Waals surface area contributed by atoms with Crippen LogP contribution in [0.3, 0.4) is 0 Å². The molecule has 5 heteroatoms. The van der Waals surface area contributed by atoms with E-state index < -0.39 is 0 Å². The first kappa shape index (κ1) is 26.1. The molecule has 0 saturated carbocycles. The molecule has 0 spiro atoms. The number of carbonyl (C=O) groups excluding carboxylic acids is 1. The van der Waals surface area contributed by atoms with Crippen LogP contribution >= 0.6 is 0 Å². The van der Waals surface area contributed by atoms with Gasteiger partial charge in [-0.1, -0.05) is 45.0 Å². The smallest absolute Gasteiger partial charge is 0.125 e. The first-order valence-corrected chi connectivity index (χ1v) is 10.4. The van der Waals surface area contributed by atoms with Gasteiger partial charge in [-0.05, 0) is 41.5 Å². The molecule has 0 aliphatic heterocycles. The van der Waals surface area contributed by atoms with Gasteiger partial charge in [0.05, 0.1) is 19.8 Å². The minimum Gasteiger partial charge on any atom is -0.496 e. The fourth-order valence-electron chi connectivity index (χ4n) is 3.49. The molecule has 1 aromatic rings. The van der Waals surface area contributed by atoms with Gasteiger partial charge in [-0.3, -0.25) is 0 Å². The average Bonchev–Trinajstić information content (AvgIpc) is 2.76. The molecule has 2 rings (SSSR count). The largest absolute Gasteiger partial charge is 0.496 e. The van der Waals surface area contributed by atoms with E-state index in [0.29, 0.717) is 13.2 Å². The predicted octanol–water partition coefficient (Wildman–Crippen LogP) is 4.44. The summed E-state index contributed by atoms with van der Waals surface area (Å²) >= 11 is 0. The van der Waals surface area contributed by atoms with E-state index in [1.54, 1.807) is 14.2 Å². The second-order valence-electron chi connectivity index (χ2n) is 8.36. The third-order valence-electron chi connectivity index (χ3n) is 5.36. The minimum absolute atomic E-state index is 0.00226. The van der Waals surface area contributed by atoms with Gasteiger partial charge in [0.2, 0.25) is 0 Å². The Hall–Kier alpha value is -1.95. The topological polar surface area (TPSA) is 65.0 Å². The van der Waals surface area contributed by atoms with E-state index >= 15 is 0 Å². The Labute approximate surface area is 181 Å². The predicted molar refractivity (Wildman–Crippen MR) is 121 cm³/mol. The van der Waals surface area contributed by atoms with Gasteiger partial charge in [-0.25, -0.2) is 0 Å². The monoisotopic (exact) mass is 418 g/mol. The maximum atomic E-state index is 11.5. The van der Waals surface area contributed by atoms with Crippen molar-refractivity contribution in [2.45, 2.75) is 46.6 Å². The lowest BCUT2D eigenvalue weighted by Crippen LogP contribution is -2.24. The van der Waals surface area contributed by atoms with E-state index in [9.17, 15) is 4.79 Å². The fraction of sp³-hybridized carbons (Fsp3) is 0.560. The van der Waals surface area contributed by atoms with Gasteiger partial charge in [0, 0.05) is 38.7 Å². The van der Waals surface area contributed by atoms with Crippen molar-refractivity contribution < 1.29 is 24.1 Å². The van der Waals surface area contributed by atoms with Crippen LogP contribution in [0.5, 0.6) is 0 Å². The zero-order valence-corrected chi connectivity index (χ0v) is 19.5. The van der Waals surface area contributed by atoms with E-state index in [4.69, 9.17) is 19.3 Å². The summed E-state index contributed by atoms with van der Waals surface area (Å²) in [7, 11) is 4.42. The molecule has 2 atom stereocenters.